The number of hydrogen-bond acceptors (Lipinski definition) is 3. The standard InChI is InChI=1S/C17H27NO2/c1-5-7-8-18-16(17(20)6-2)11-15-12(3)9-14(19)10-13(15)4/h9-10,16,18-19H,5-8,11H2,1-4H3. The van der Waals surface area contributed by atoms with Crippen LogP contribution in [0.1, 0.15) is 49.8 Å². The van der Waals surface area contributed by atoms with E-state index in [0.29, 0.717) is 18.6 Å². The number of ketones is 1. The molecule has 0 heterocycles. The number of aryl methyl sites for hydroxylation is 2. The smallest absolute Gasteiger partial charge is 0.149 e. The second-order valence-electron chi connectivity index (χ2n) is 5.44. The van der Waals surface area contributed by atoms with Gasteiger partial charge in [-0.3, -0.25) is 4.79 Å². The number of rotatable bonds is 8. The van der Waals surface area contributed by atoms with E-state index in [1.807, 2.05) is 20.8 Å². The van der Waals surface area contributed by atoms with Crippen LogP contribution in [0.15, 0.2) is 12.1 Å². The van der Waals surface area contributed by atoms with E-state index in [1.165, 1.54) is 5.56 Å². The summed E-state index contributed by atoms with van der Waals surface area (Å²) in [5.41, 5.74) is 3.26. The molecule has 1 aromatic carbocycles. The lowest BCUT2D eigenvalue weighted by Gasteiger charge is -2.20. The Morgan fingerprint density at radius 2 is 1.85 bits per heavy atom. The van der Waals surface area contributed by atoms with E-state index in [0.717, 1.165) is 30.5 Å². The summed E-state index contributed by atoms with van der Waals surface area (Å²) in [6.45, 7) is 8.91. The normalized spacial score (nSPS) is 12.4. The summed E-state index contributed by atoms with van der Waals surface area (Å²) < 4.78 is 0. The monoisotopic (exact) mass is 277 g/mol. The molecule has 0 saturated heterocycles. The van der Waals surface area contributed by atoms with Crippen molar-refractivity contribution in [1.29, 1.82) is 0 Å². The highest BCUT2D eigenvalue weighted by Crippen LogP contribution is 2.22. The summed E-state index contributed by atoms with van der Waals surface area (Å²) in [6, 6.07) is 3.41. The summed E-state index contributed by atoms with van der Waals surface area (Å²) in [7, 11) is 0. The van der Waals surface area contributed by atoms with Crippen molar-refractivity contribution in [3.63, 3.8) is 0 Å². The predicted molar refractivity (Wildman–Crippen MR) is 83.3 cm³/mol. The van der Waals surface area contributed by atoms with Gasteiger partial charge in [0.2, 0.25) is 0 Å². The van der Waals surface area contributed by atoms with Crippen LogP contribution in [-0.2, 0) is 11.2 Å². The lowest BCUT2D eigenvalue weighted by molar-refractivity contribution is -0.120. The van der Waals surface area contributed by atoms with Crippen LogP contribution in [0.3, 0.4) is 0 Å². The lowest BCUT2D eigenvalue weighted by Crippen LogP contribution is -2.39. The van der Waals surface area contributed by atoms with Gasteiger partial charge in [-0.15, -0.1) is 0 Å². The molecule has 112 valence electrons. The zero-order chi connectivity index (χ0) is 15.1. The molecule has 0 aromatic heterocycles. The van der Waals surface area contributed by atoms with Gasteiger partial charge in [0.15, 0.2) is 0 Å². The average Bonchev–Trinajstić information content (AvgIpc) is 2.39. The van der Waals surface area contributed by atoms with Gasteiger partial charge in [0.05, 0.1) is 6.04 Å². The van der Waals surface area contributed by atoms with E-state index in [-0.39, 0.29) is 11.8 Å². The minimum Gasteiger partial charge on any atom is -0.508 e. The Bertz CT molecular complexity index is 431. The molecule has 20 heavy (non-hydrogen) atoms. The van der Waals surface area contributed by atoms with Gasteiger partial charge in [-0.25, -0.2) is 0 Å². The Balaban J connectivity index is 2.86. The molecule has 0 bridgehead atoms. The maximum absolute atomic E-state index is 12.1. The molecule has 1 unspecified atom stereocenters. The Kier molecular flexibility index (Phi) is 6.73. The van der Waals surface area contributed by atoms with E-state index >= 15 is 0 Å². The Morgan fingerprint density at radius 3 is 2.35 bits per heavy atom. The third-order valence-corrected chi connectivity index (χ3v) is 3.75. The molecule has 0 aliphatic heterocycles. The van der Waals surface area contributed by atoms with Crippen molar-refractivity contribution in [1.82, 2.24) is 5.32 Å². The first-order valence-electron chi connectivity index (χ1n) is 7.54. The molecule has 0 spiro atoms. The average molecular weight is 277 g/mol. The van der Waals surface area contributed by atoms with Crippen molar-refractivity contribution in [2.45, 2.75) is 59.4 Å². The summed E-state index contributed by atoms with van der Waals surface area (Å²) in [5, 5.41) is 13.0. The Morgan fingerprint density at radius 1 is 1.25 bits per heavy atom. The minimum atomic E-state index is -0.117. The summed E-state index contributed by atoms with van der Waals surface area (Å²) in [6.07, 6.45) is 3.46. The third kappa shape index (κ3) is 4.64. The largest absolute Gasteiger partial charge is 0.508 e. The zero-order valence-corrected chi connectivity index (χ0v) is 13.1. The third-order valence-electron chi connectivity index (χ3n) is 3.75. The van der Waals surface area contributed by atoms with Gasteiger partial charge in [0, 0.05) is 6.42 Å². The first kappa shape index (κ1) is 16.7. The van der Waals surface area contributed by atoms with Crippen LogP contribution in [-0.4, -0.2) is 23.5 Å². The highest BCUT2D eigenvalue weighted by molar-refractivity contribution is 5.84. The molecule has 0 fully saturated rings. The number of carbonyl (C=O) groups excluding carboxylic acids is 1. The van der Waals surface area contributed by atoms with Crippen LogP contribution < -0.4 is 5.32 Å². The van der Waals surface area contributed by atoms with Crippen LogP contribution in [0.4, 0.5) is 0 Å². The molecular formula is C17H27NO2. The van der Waals surface area contributed by atoms with Gasteiger partial charge in [0.1, 0.15) is 11.5 Å². The van der Waals surface area contributed by atoms with Crippen molar-refractivity contribution < 1.29 is 9.90 Å². The maximum atomic E-state index is 12.1. The number of aromatic hydroxyl groups is 1. The van der Waals surface area contributed by atoms with Crippen LogP contribution in [0.25, 0.3) is 0 Å². The van der Waals surface area contributed by atoms with Gasteiger partial charge in [-0.05, 0) is 62.1 Å². The highest BCUT2D eigenvalue weighted by Gasteiger charge is 2.18. The number of unbranched alkanes of at least 4 members (excludes halogenated alkanes) is 1. The van der Waals surface area contributed by atoms with Crippen molar-refractivity contribution in [3.8, 4) is 5.75 Å². The lowest BCUT2D eigenvalue weighted by atomic mass is 9.93. The number of phenols is 1. The summed E-state index contributed by atoms with van der Waals surface area (Å²) in [4.78, 5) is 12.1. The molecule has 3 nitrogen and oxygen atoms in total. The molecule has 0 aliphatic carbocycles. The van der Waals surface area contributed by atoms with Crippen LogP contribution in [0.5, 0.6) is 5.75 Å². The summed E-state index contributed by atoms with van der Waals surface area (Å²) in [5.74, 6) is 0.550. The Hall–Kier alpha value is -1.35. The minimum absolute atomic E-state index is 0.117. The van der Waals surface area contributed by atoms with E-state index < -0.39 is 0 Å². The molecular weight excluding hydrogens is 250 g/mol. The fourth-order valence-corrected chi connectivity index (χ4v) is 2.50. The molecule has 1 aromatic rings. The second-order valence-corrected chi connectivity index (χ2v) is 5.44. The Labute approximate surface area is 122 Å². The molecule has 2 N–H and O–H groups in total. The fraction of sp³-hybridized carbons (Fsp3) is 0.588. The van der Waals surface area contributed by atoms with Crippen molar-refractivity contribution in [3.05, 3.63) is 28.8 Å². The SMILES string of the molecule is CCCCNC(Cc1c(C)cc(O)cc1C)C(=O)CC. The highest BCUT2D eigenvalue weighted by atomic mass is 16.3. The van der Waals surface area contributed by atoms with Crippen molar-refractivity contribution >= 4 is 5.78 Å². The van der Waals surface area contributed by atoms with E-state index in [2.05, 4.69) is 12.2 Å². The topological polar surface area (TPSA) is 49.3 Å². The van der Waals surface area contributed by atoms with Gasteiger partial charge in [-0.2, -0.15) is 0 Å². The van der Waals surface area contributed by atoms with Gasteiger partial charge in [0.25, 0.3) is 0 Å². The quantitative estimate of drug-likeness (QED) is 0.717. The molecule has 0 saturated carbocycles. The molecule has 1 rings (SSSR count). The van der Waals surface area contributed by atoms with Crippen LogP contribution >= 0.6 is 0 Å². The zero-order valence-electron chi connectivity index (χ0n) is 13.1. The first-order chi connectivity index (χ1) is 9.49. The number of benzene rings is 1. The van der Waals surface area contributed by atoms with Crippen LogP contribution in [0.2, 0.25) is 0 Å². The van der Waals surface area contributed by atoms with Gasteiger partial charge in [-0.1, -0.05) is 20.3 Å². The van der Waals surface area contributed by atoms with E-state index in [1.54, 1.807) is 12.1 Å². The molecule has 0 amide bonds. The molecule has 1 atom stereocenters. The van der Waals surface area contributed by atoms with Crippen molar-refractivity contribution in [2.24, 2.45) is 0 Å². The van der Waals surface area contributed by atoms with Crippen molar-refractivity contribution in [2.75, 3.05) is 6.54 Å². The van der Waals surface area contributed by atoms with Gasteiger partial charge >= 0.3 is 0 Å². The number of Topliss-reactive ketones (excluding diaryl/α,β-unsaturated/α-hetero) is 1. The van der Waals surface area contributed by atoms with Gasteiger partial charge < -0.3 is 10.4 Å². The summed E-state index contributed by atoms with van der Waals surface area (Å²) >= 11 is 0. The fourth-order valence-electron chi connectivity index (χ4n) is 2.50. The second kappa shape index (κ2) is 8.05. The van der Waals surface area contributed by atoms with E-state index in [4.69, 9.17) is 0 Å². The number of carbonyl (C=O) groups is 1. The maximum Gasteiger partial charge on any atom is 0.149 e. The van der Waals surface area contributed by atoms with E-state index in [9.17, 15) is 9.90 Å². The number of hydrogen-bond donors (Lipinski definition) is 2. The van der Waals surface area contributed by atoms with Crippen LogP contribution in [0, 0.1) is 13.8 Å². The molecule has 0 radical (unpaired) electrons. The number of nitrogens with one attached hydrogen (secondary N) is 1. The predicted octanol–water partition coefficient (Wildman–Crippen LogP) is 3.29. The molecule has 0 aliphatic rings. The molecule has 3 heteroatoms. The first-order valence-corrected chi connectivity index (χ1v) is 7.54. The number of phenolic OH excluding ortho intramolecular Hbond substituents is 1.